The van der Waals surface area contributed by atoms with Gasteiger partial charge in [-0.1, -0.05) is 6.58 Å². The first-order valence-corrected chi connectivity index (χ1v) is 9.34. The number of aryl methyl sites for hydroxylation is 1. The highest BCUT2D eigenvalue weighted by atomic mass is 16.2. The van der Waals surface area contributed by atoms with E-state index < -0.39 is 0 Å². The van der Waals surface area contributed by atoms with Gasteiger partial charge in [0.05, 0.1) is 23.5 Å². The topological polar surface area (TPSA) is 117 Å². The van der Waals surface area contributed by atoms with Crippen LogP contribution in [0.5, 0.6) is 0 Å². The zero-order valence-electron chi connectivity index (χ0n) is 15.7. The molecule has 3 aromatic heterocycles. The van der Waals surface area contributed by atoms with Crippen molar-refractivity contribution in [1.29, 1.82) is 0 Å². The van der Waals surface area contributed by atoms with Gasteiger partial charge in [0.15, 0.2) is 5.65 Å². The van der Waals surface area contributed by atoms with Crippen LogP contribution < -0.4 is 10.6 Å². The van der Waals surface area contributed by atoms with E-state index in [0.717, 1.165) is 37.0 Å². The molecule has 10 nitrogen and oxygen atoms in total. The molecule has 4 rings (SSSR count). The molecule has 1 atom stereocenters. The third kappa shape index (κ3) is 3.66. The standard InChI is InChI=1S/C18H23N9O/c1-3-15(28)26-7-5-6-12(10-26)21-16-14-9-19-25-17(14)24-18(23-16)22-13-8-20-27(4-2)11-13/h3,8-9,11-12H,1,4-7,10H2,2H3,(H3,19,21,22,23,24,25). The third-order valence-electron chi connectivity index (χ3n) is 4.77. The first kappa shape index (κ1) is 18.0. The van der Waals surface area contributed by atoms with E-state index in [2.05, 4.69) is 42.5 Å². The molecule has 1 unspecified atom stereocenters. The number of likely N-dealkylation sites (tertiary alicyclic amines) is 1. The zero-order chi connectivity index (χ0) is 19.5. The van der Waals surface area contributed by atoms with Crippen LogP contribution in [0.1, 0.15) is 19.8 Å². The second kappa shape index (κ2) is 7.67. The van der Waals surface area contributed by atoms with E-state index in [1.807, 2.05) is 17.8 Å². The smallest absolute Gasteiger partial charge is 0.246 e. The highest BCUT2D eigenvalue weighted by Crippen LogP contribution is 2.24. The van der Waals surface area contributed by atoms with Crippen LogP contribution in [0.3, 0.4) is 0 Å². The Balaban J connectivity index is 1.56. The minimum Gasteiger partial charge on any atom is -0.365 e. The van der Waals surface area contributed by atoms with Gasteiger partial charge < -0.3 is 15.5 Å². The molecular formula is C18H23N9O. The van der Waals surface area contributed by atoms with Gasteiger partial charge in [0.1, 0.15) is 5.82 Å². The molecule has 0 aromatic carbocycles. The van der Waals surface area contributed by atoms with E-state index in [0.29, 0.717) is 24.0 Å². The molecule has 0 radical (unpaired) electrons. The van der Waals surface area contributed by atoms with Crippen LogP contribution in [0.2, 0.25) is 0 Å². The van der Waals surface area contributed by atoms with Gasteiger partial charge >= 0.3 is 0 Å². The summed E-state index contributed by atoms with van der Waals surface area (Å²) < 4.78 is 1.82. The van der Waals surface area contributed by atoms with E-state index in [4.69, 9.17) is 0 Å². The van der Waals surface area contributed by atoms with E-state index in [1.165, 1.54) is 6.08 Å². The van der Waals surface area contributed by atoms with E-state index in [1.54, 1.807) is 17.3 Å². The lowest BCUT2D eigenvalue weighted by Gasteiger charge is -2.32. The van der Waals surface area contributed by atoms with Crippen molar-refractivity contribution in [1.82, 2.24) is 34.8 Å². The van der Waals surface area contributed by atoms with Crippen molar-refractivity contribution in [2.45, 2.75) is 32.4 Å². The zero-order valence-corrected chi connectivity index (χ0v) is 15.7. The minimum absolute atomic E-state index is 0.0436. The molecule has 1 fully saturated rings. The number of amides is 1. The van der Waals surface area contributed by atoms with Gasteiger partial charge in [-0.05, 0) is 25.8 Å². The number of aromatic nitrogens is 6. The van der Waals surface area contributed by atoms with Crippen LogP contribution in [0.25, 0.3) is 11.0 Å². The first-order chi connectivity index (χ1) is 13.7. The Morgan fingerprint density at radius 2 is 2.32 bits per heavy atom. The van der Waals surface area contributed by atoms with Gasteiger partial charge in [0, 0.05) is 31.9 Å². The summed E-state index contributed by atoms with van der Waals surface area (Å²) in [5.74, 6) is 1.09. The molecule has 1 amide bonds. The summed E-state index contributed by atoms with van der Waals surface area (Å²) in [6.07, 6.45) is 8.57. The first-order valence-electron chi connectivity index (χ1n) is 9.34. The summed E-state index contributed by atoms with van der Waals surface area (Å²) in [5, 5.41) is 18.7. The molecule has 0 aliphatic carbocycles. The maximum atomic E-state index is 11.9. The van der Waals surface area contributed by atoms with E-state index in [9.17, 15) is 4.79 Å². The van der Waals surface area contributed by atoms with E-state index >= 15 is 0 Å². The molecule has 1 saturated heterocycles. The molecule has 4 heterocycles. The minimum atomic E-state index is -0.0436. The number of hydrogen-bond donors (Lipinski definition) is 3. The molecule has 1 aliphatic heterocycles. The third-order valence-corrected chi connectivity index (χ3v) is 4.77. The summed E-state index contributed by atoms with van der Waals surface area (Å²) in [6, 6.07) is 0.0985. The second-order valence-electron chi connectivity index (χ2n) is 6.71. The Morgan fingerprint density at radius 1 is 1.43 bits per heavy atom. The van der Waals surface area contributed by atoms with Crippen molar-refractivity contribution in [2.24, 2.45) is 0 Å². The number of carbonyl (C=O) groups is 1. The highest BCUT2D eigenvalue weighted by Gasteiger charge is 2.23. The molecule has 1 aliphatic rings. The fourth-order valence-corrected chi connectivity index (χ4v) is 3.35. The van der Waals surface area contributed by atoms with Crippen LogP contribution in [-0.2, 0) is 11.3 Å². The van der Waals surface area contributed by atoms with Gasteiger partial charge in [-0.15, -0.1) is 0 Å². The van der Waals surface area contributed by atoms with Crippen LogP contribution in [0.15, 0.2) is 31.2 Å². The number of rotatable bonds is 6. The lowest BCUT2D eigenvalue weighted by molar-refractivity contribution is -0.127. The number of nitrogens with zero attached hydrogens (tertiary/aromatic N) is 6. The number of aromatic amines is 1. The Hall–Kier alpha value is -3.43. The van der Waals surface area contributed by atoms with Crippen LogP contribution in [-0.4, -0.2) is 59.9 Å². The number of H-pyrrole nitrogens is 1. The second-order valence-corrected chi connectivity index (χ2v) is 6.71. The van der Waals surface area contributed by atoms with Crippen LogP contribution in [0.4, 0.5) is 17.5 Å². The fourth-order valence-electron chi connectivity index (χ4n) is 3.35. The fraction of sp³-hybridized carbons (Fsp3) is 0.389. The number of piperidine rings is 1. The molecule has 0 bridgehead atoms. The van der Waals surface area contributed by atoms with Gasteiger partial charge in [-0.3, -0.25) is 14.6 Å². The molecular weight excluding hydrogens is 358 g/mol. The Bertz CT molecular complexity index is 992. The predicted molar refractivity (Wildman–Crippen MR) is 106 cm³/mol. The summed E-state index contributed by atoms with van der Waals surface area (Å²) in [4.78, 5) is 22.9. The van der Waals surface area contributed by atoms with Gasteiger partial charge in [-0.2, -0.15) is 20.2 Å². The average Bonchev–Trinajstić information content (AvgIpc) is 3.37. The summed E-state index contributed by atoms with van der Waals surface area (Å²) in [5.41, 5.74) is 1.45. The lowest BCUT2D eigenvalue weighted by Crippen LogP contribution is -2.44. The molecule has 146 valence electrons. The van der Waals surface area contributed by atoms with Crippen molar-refractivity contribution in [2.75, 3.05) is 23.7 Å². The molecule has 28 heavy (non-hydrogen) atoms. The number of hydrogen-bond acceptors (Lipinski definition) is 7. The van der Waals surface area contributed by atoms with Gasteiger partial charge in [0.2, 0.25) is 11.9 Å². The van der Waals surface area contributed by atoms with Crippen molar-refractivity contribution >= 4 is 34.4 Å². The van der Waals surface area contributed by atoms with Gasteiger partial charge in [-0.25, -0.2) is 0 Å². The summed E-state index contributed by atoms with van der Waals surface area (Å²) >= 11 is 0. The SMILES string of the molecule is C=CC(=O)N1CCCC(Nc2nc(Nc3cnn(CC)c3)nc3[nH]ncc23)C1. The van der Waals surface area contributed by atoms with E-state index in [-0.39, 0.29) is 11.9 Å². The molecule has 3 aromatic rings. The van der Waals surface area contributed by atoms with Gasteiger partial charge in [0.25, 0.3) is 0 Å². The van der Waals surface area contributed by atoms with Crippen molar-refractivity contribution in [3.63, 3.8) is 0 Å². The lowest BCUT2D eigenvalue weighted by atomic mass is 10.1. The highest BCUT2D eigenvalue weighted by molar-refractivity contribution is 5.88. The Kier molecular flexibility index (Phi) is 4.92. The van der Waals surface area contributed by atoms with Crippen molar-refractivity contribution < 1.29 is 4.79 Å². The molecule has 0 saturated carbocycles. The largest absolute Gasteiger partial charge is 0.365 e. The predicted octanol–water partition coefficient (Wildman–Crippen LogP) is 1.90. The number of anilines is 3. The number of carbonyl (C=O) groups excluding carboxylic acids is 1. The quantitative estimate of drug-likeness (QED) is 0.558. The molecule has 3 N–H and O–H groups in total. The average molecular weight is 381 g/mol. The van der Waals surface area contributed by atoms with Crippen LogP contribution >= 0.6 is 0 Å². The number of nitrogens with one attached hydrogen (secondary N) is 3. The monoisotopic (exact) mass is 381 g/mol. The Labute approximate surface area is 162 Å². The molecule has 0 spiro atoms. The van der Waals surface area contributed by atoms with Crippen molar-refractivity contribution in [3.8, 4) is 0 Å². The van der Waals surface area contributed by atoms with Crippen molar-refractivity contribution in [3.05, 3.63) is 31.2 Å². The summed E-state index contributed by atoms with van der Waals surface area (Å²) in [6.45, 7) is 7.75. The molecule has 10 heteroatoms. The summed E-state index contributed by atoms with van der Waals surface area (Å²) in [7, 11) is 0. The normalized spacial score (nSPS) is 16.9. The maximum Gasteiger partial charge on any atom is 0.246 e. The number of fused-ring (bicyclic) bond motifs is 1. The van der Waals surface area contributed by atoms with Crippen LogP contribution in [0, 0.1) is 0 Å². The maximum absolute atomic E-state index is 11.9. The Morgan fingerprint density at radius 3 is 3.11 bits per heavy atom.